The topological polar surface area (TPSA) is 12.0 Å². The standard InChI is InChI=1S/C8H14F3NS/c1-13-7-4-2-3-6(7)12-5-8(9,10)11/h6-7,12H,2-5H2,1H3. The SMILES string of the molecule is CSC1CCCC1NCC(F)(F)F. The Morgan fingerprint density at radius 2 is 2.08 bits per heavy atom. The summed E-state index contributed by atoms with van der Waals surface area (Å²) in [7, 11) is 0. The minimum absolute atomic E-state index is 0.0524. The van der Waals surface area contributed by atoms with Gasteiger partial charge in [0.1, 0.15) is 0 Å². The van der Waals surface area contributed by atoms with Crippen molar-refractivity contribution in [2.24, 2.45) is 0 Å². The minimum Gasteiger partial charge on any atom is -0.305 e. The van der Waals surface area contributed by atoms with Crippen LogP contribution in [-0.2, 0) is 0 Å². The molecule has 2 atom stereocenters. The van der Waals surface area contributed by atoms with Crippen molar-refractivity contribution >= 4 is 11.8 Å². The molecule has 1 aliphatic rings. The minimum atomic E-state index is -4.08. The van der Waals surface area contributed by atoms with Crippen LogP contribution in [0.25, 0.3) is 0 Å². The van der Waals surface area contributed by atoms with Crippen molar-refractivity contribution in [2.45, 2.75) is 36.7 Å². The van der Waals surface area contributed by atoms with E-state index in [2.05, 4.69) is 5.32 Å². The average molecular weight is 213 g/mol. The van der Waals surface area contributed by atoms with E-state index in [1.54, 1.807) is 11.8 Å². The fourth-order valence-corrected chi connectivity index (χ4v) is 2.65. The number of hydrogen-bond donors (Lipinski definition) is 1. The monoisotopic (exact) mass is 213 g/mol. The molecule has 1 aliphatic carbocycles. The predicted molar refractivity (Wildman–Crippen MR) is 49.0 cm³/mol. The van der Waals surface area contributed by atoms with Crippen LogP contribution in [0, 0.1) is 0 Å². The lowest BCUT2D eigenvalue weighted by Crippen LogP contribution is -2.40. The van der Waals surface area contributed by atoms with Crippen molar-refractivity contribution in [3.8, 4) is 0 Å². The zero-order valence-corrected chi connectivity index (χ0v) is 8.34. The first-order valence-corrected chi connectivity index (χ1v) is 5.64. The molecule has 0 bridgehead atoms. The van der Waals surface area contributed by atoms with Gasteiger partial charge in [-0.25, -0.2) is 0 Å². The van der Waals surface area contributed by atoms with E-state index in [9.17, 15) is 13.2 Å². The number of rotatable bonds is 3. The highest BCUT2D eigenvalue weighted by molar-refractivity contribution is 7.99. The van der Waals surface area contributed by atoms with Crippen LogP contribution in [0.5, 0.6) is 0 Å². The molecule has 1 N–H and O–H groups in total. The summed E-state index contributed by atoms with van der Waals surface area (Å²) in [6.07, 6.45) is 0.836. The lowest BCUT2D eigenvalue weighted by Gasteiger charge is -2.19. The molecular weight excluding hydrogens is 199 g/mol. The fourth-order valence-electron chi connectivity index (χ4n) is 1.69. The first kappa shape index (κ1) is 11.2. The zero-order valence-electron chi connectivity index (χ0n) is 7.53. The molecule has 5 heteroatoms. The lowest BCUT2D eigenvalue weighted by atomic mass is 10.2. The maximum atomic E-state index is 11.9. The van der Waals surface area contributed by atoms with E-state index in [1.807, 2.05) is 6.26 Å². The molecule has 0 aromatic heterocycles. The number of thioether (sulfide) groups is 1. The Balaban J connectivity index is 2.28. The maximum absolute atomic E-state index is 11.9. The Bertz CT molecular complexity index is 160. The van der Waals surface area contributed by atoms with Gasteiger partial charge in [-0.2, -0.15) is 24.9 Å². The third-order valence-electron chi connectivity index (χ3n) is 2.32. The number of halogens is 3. The average Bonchev–Trinajstić information content (AvgIpc) is 2.46. The predicted octanol–water partition coefficient (Wildman–Crippen LogP) is 2.42. The van der Waals surface area contributed by atoms with Crippen LogP contribution in [0.4, 0.5) is 13.2 Å². The van der Waals surface area contributed by atoms with Crippen molar-refractivity contribution in [1.29, 1.82) is 0 Å². The summed E-state index contributed by atoms with van der Waals surface area (Å²) in [5.74, 6) is 0. The van der Waals surface area contributed by atoms with Crippen LogP contribution in [0.2, 0.25) is 0 Å². The van der Waals surface area contributed by atoms with Gasteiger partial charge >= 0.3 is 6.18 Å². The van der Waals surface area contributed by atoms with Crippen molar-refractivity contribution in [2.75, 3.05) is 12.8 Å². The second kappa shape index (κ2) is 4.55. The first-order chi connectivity index (χ1) is 6.03. The molecule has 1 fully saturated rings. The number of nitrogens with one attached hydrogen (secondary N) is 1. The molecule has 0 spiro atoms. The molecule has 1 rings (SSSR count). The van der Waals surface area contributed by atoms with Gasteiger partial charge in [0.05, 0.1) is 6.54 Å². The highest BCUT2D eigenvalue weighted by atomic mass is 32.2. The van der Waals surface area contributed by atoms with Gasteiger partial charge in [-0.3, -0.25) is 0 Å². The second-order valence-corrected chi connectivity index (χ2v) is 4.38. The first-order valence-electron chi connectivity index (χ1n) is 4.36. The Morgan fingerprint density at radius 1 is 1.38 bits per heavy atom. The Morgan fingerprint density at radius 3 is 2.62 bits per heavy atom. The maximum Gasteiger partial charge on any atom is 0.401 e. The van der Waals surface area contributed by atoms with Gasteiger partial charge in [0.25, 0.3) is 0 Å². The molecule has 2 unspecified atom stereocenters. The van der Waals surface area contributed by atoms with Gasteiger partial charge in [-0.15, -0.1) is 0 Å². The van der Waals surface area contributed by atoms with E-state index in [1.165, 1.54) is 0 Å². The van der Waals surface area contributed by atoms with Crippen LogP contribution in [0.3, 0.4) is 0 Å². The van der Waals surface area contributed by atoms with E-state index in [4.69, 9.17) is 0 Å². The van der Waals surface area contributed by atoms with Crippen LogP contribution in [0.15, 0.2) is 0 Å². The van der Waals surface area contributed by atoms with Gasteiger partial charge in [0.2, 0.25) is 0 Å². The van der Waals surface area contributed by atoms with Crippen molar-refractivity contribution in [3.63, 3.8) is 0 Å². The highest BCUT2D eigenvalue weighted by Crippen LogP contribution is 2.28. The number of alkyl halides is 3. The molecular formula is C8H14F3NS. The van der Waals surface area contributed by atoms with Gasteiger partial charge < -0.3 is 5.32 Å². The van der Waals surface area contributed by atoms with E-state index in [-0.39, 0.29) is 6.04 Å². The molecule has 0 aliphatic heterocycles. The highest BCUT2D eigenvalue weighted by Gasteiger charge is 2.32. The number of hydrogen-bond acceptors (Lipinski definition) is 2. The van der Waals surface area contributed by atoms with Crippen molar-refractivity contribution < 1.29 is 13.2 Å². The lowest BCUT2D eigenvalue weighted by molar-refractivity contribution is -0.126. The molecule has 0 aromatic carbocycles. The Kier molecular flexibility index (Phi) is 3.91. The summed E-state index contributed by atoms with van der Waals surface area (Å²) >= 11 is 1.66. The van der Waals surface area contributed by atoms with Crippen LogP contribution < -0.4 is 5.32 Å². The summed E-state index contributed by atoms with van der Waals surface area (Å²) in [5.41, 5.74) is 0. The molecule has 0 heterocycles. The van der Waals surface area contributed by atoms with Crippen LogP contribution in [0.1, 0.15) is 19.3 Å². The van der Waals surface area contributed by atoms with E-state index < -0.39 is 12.7 Å². The Labute approximate surface area is 80.5 Å². The third-order valence-corrected chi connectivity index (χ3v) is 3.49. The van der Waals surface area contributed by atoms with Gasteiger partial charge in [-0.1, -0.05) is 6.42 Å². The van der Waals surface area contributed by atoms with Gasteiger partial charge in [0.15, 0.2) is 0 Å². The molecule has 1 saturated carbocycles. The molecule has 0 saturated heterocycles. The molecule has 78 valence electrons. The summed E-state index contributed by atoms with van der Waals surface area (Å²) in [4.78, 5) is 0. The quantitative estimate of drug-likeness (QED) is 0.772. The summed E-state index contributed by atoms with van der Waals surface area (Å²) < 4.78 is 35.6. The van der Waals surface area contributed by atoms with Gasteiger partial charge in [-0.05, 0) is 19.1 Å². The normalized spacial score (nSPS) is 29.5. The Hall–Kier alpha value is 0.100. The van der Waals surface area contributed by atoms with Crippen molar-refractivity contribution in [3.05, 3.63) is 0 Å². The molecule has 1 nitrogen and oxygen atoms in total. The largest absolute Gasteiger partial charge is 0.401 e. The second-order valence-electron chi connectivity index (χ2n) is 3.31. The van der Waals surface area contributed by atoms with Crippen LogP contribution in [-0.4, -0.2) is 30.3 Å². The summed E-state index contributed by atoms with van der Waals surface area (Å²) in [6.45, 7) is -0.852. The smallest absolute Gasteiger partial charge is 0.305 e. The fraction of sp³-hybridized carbons (Fsp3) is 1.00. The third kappa shape index (κ3) is 3.77. The van der Waals surface area contributed by atoms with Crippen LogP contribution >= 0.6 is 11.8 Å². The zero-order chi connectivity index (χ0) is 9.90. The summed E-state index contributed by atoms with van der Waals surface area (Å²) in [6, 6.07) is 0.0524. The summed E-state index contributed by atoms with van der Waals surface area (Å²) in [5, 5.41) is 2.94. The molecule has 0 radical (unpaired) electrons. The molecule has 0 amide bonds. The van der Waals surface area contributed by atoms with E-state index in [0.717, 1.165) is 19.3 Å². The van der Waals surface area contributed by atoms with Gasteiger partial charge in [0, 0.05) is 11.3 Å². The molecule has 0 aromatic rings. The van der Waals surface area contributed by atoms with Crippen molar-refractivity contribution in [1.82, 2.24) is 5.32 Å². The van der Waals surface area contributed by atoms with E-state index >= 15 is 0 Å². The van der Waals surface area contributed by atoms with E-state index in [0.29, 0.717) is 5.25 Å². The molecule has 13 heavy (non-hydrogen) atoms.